The Morgan fingerprint density at radius 1 is 1.30 bits per heavy atom. The highest BCUT2D eigenvalue weighted by atomic mass is 79.9. The summed E-state index contributed by atoms with van der Waals surface area (Å²) in [6.07, 6.45) is 0. The van der Waals surface area contributed by atoms with Crippen LogP contribution in [0.5, 0.6) is 0 Å². The van der Waals surface area contributed by atoms with Crippen LogP contribution in [-0.4, -0.2) is 9.97 Å². The molecule has 0 unspecified atom stereocenters. The Balaban J connectivity index is 2.83. The number of hydrogen-bond acceptors (Lipinski definition) is 2. The minimum atomic E-state index is -0.763. The van der Waals surface area contributed by atoms with Crippen molar-refractivity contribution in [1.82, 2.24) is 9.97 Å². The van der Waals surface area contributed by atoms with E-state index in [4.69, 9.17) is 0 Å². The molecule has 6 heteroatoms. The molecule has 1 N–H and O–H groups in total. The van der Waals surface area contributed by atoms with E-state index < -0.39 is 17.2 Å². The number of halogens is 3. The highest BCUT2D eigenvalue weighted by Gasteiger charge is 2.20. The van der Waals surface area contributed by atoms with Crippen molar-refractivity contribution in [3.05, 3.63) is 50.0 Å². The number of rotatable bonds is 2. The van der Waals surface area contributed by atoms with Crippen molar-refractivity contribution in [2.45, 2.75) is 26.7 Å². The maximum Gasteiger partial charge on any atom is 0.254 e. The van der Waals surface area contributed by atoms with Crippen LogP contribution in [0.2, 0.25) is 0 Å². The predicted molar refractivity (Wildman–Crippen MR) is 76.7 cm³/mol. The number of benzene rings is 1. The zero-order chi connectivity index (χ0) is 15.0. The predicted octanol–water partition coefficient (Wildman–Crippen LogP) is 3.91. The summed E-state index contributed by atoms with van der Waals surface area (Å²) >= 11 is 3.01. The fourth-order valence-corrected chi connectivity index (χ4v) is 2.14. The molecule has 20 heavy (non-hydrogen) atoms. The van der Waals surface area contributed by atoms with Crippen molar-refractivity contribution < 1.29 is 8.78 Å². The number of aromatic amines is 1. The van der Waals surface area contributed by atoms with Crippen molar-refractivity contribution in [2.75, 3.05) is 0 Å². The Kier molecular flexibility index (Phi) is 4.04. The lowest BCUT2D eigenvalue weighted by molar-refractivity contribution is 0.583. The van der Waals surface area contributed by atoms with Gasteiger partial charge in [0.15, 0.2) is 0 Å². The van der Waals surface area contributed by atoms with Crippen LogP contribution in [0.3, 0.4) is 0 Å². The summed E-state index contributed by atoms with van der Waals surface area (Å²) in [7, 11) is 0. The van der Waals surface area contributed by atoms with Gasteiger partial charge in [0.05, 0.1) is 15.7 Å². The average molecular weight is 343 g/mol. The molecule has 0 aliphatic carbocycles. The molecule has 0 saturated carbocycles. The van der Waals surface area contributed by atoms with E-state index >= 15 is 0 Å². The van der Waals surface area contributed by atoms with Gasteiger partial charge >= 0.3 is 0 Å². The lowest BCUT2D eigenvalue weighted by Crippen LogP contribution is -2.17. The summed E-state index contributed by atoms with van der Waals surface area (Å²) < 4.78 is 28.2. The molecule has 1 aromatic heterocycles. The first-order chi connectivity index (χ1) is 9.32. The SMILES string of the molecule is Cc1c(-c2c(F)ccc(Br)c2F)nc(C(C)C)[nH]c1=O. The van der Waals surface area contributed by atoms with Crippen molar-refractivity contribution >= 4 is 15.9 Å². The van der Waals surface area contributed by atoms with Gasteiger partial charge in [-0.1, -0.05) is 13.8 Å². The van der Waals surface area contributed by atoms with Gasteiger partial charge in [-0.05, 0) is 35.0 Å². The zero-order valence-electron chi connectivity index (χ0n) is 11.2. The van der Waals surface area contributed by atoms with Crippen LogP contribution in [0, 0.1) is 18.6 Å². The van der Waals surface area contributed by atoms with Crippen LogP contribution >= 0.6 is 15.9 Å². The molecular weight excluding hydrogens is 330 g/mol. The highest BCUT2D eigenvalue weighted by molar-refractivity contribution is 9.10. The van der Waals surface area contributed by atoms with E-state index in [1.807, 2.05) is 13.8 Å². The third kappa shape index (κ3) is 2.52. The van der Waals surface area contributed by atoms with E-state index in [-0.39, 0.29) is 27.2 Å². The fraction of sp³-hybridized carbons (Fsp3) is 0.286. The van der Waals surface area contributed by atoms with Crippen LogP contribution in [0.1, 0.15) is 31.2 Å². The van der Waals surface area contributed by atoms with Crippen LogP contribution in [0.4, 0.5) is 8.78 Å². The van der Waals surface area contributed by atoms with E-state index in [1.54, 1.807) is 0 Å². The second kappa shape index (κ2) is 5.44. The Morgan fingerprint density at radius 2 is 1.95 bits per heavy atom. The summed E-state index contributed by atoms with van der Waals surface area (Å²) in [5.74, 6) is -1.17. The Morgan fingerprint density at radius 3 is 2.55 bits per heavy atom. The molecular formula is C14H13BrF2N2O. The first kappa shape index (κ1) is 14.8. The molecule has 0 radical (unpaired) electrons. The normalized spacial score (nSPS) is 11.2. The van der Waals surface area contributed by atoms with Gasteiger partial charge < -0.3 is 4.98 Å². The molecule has 1 aromatic carbocycles. The molecule has 0 saturated heterocycles. The summed E-state index contributed by atoms with van der Waals surface area (Å²) in [5, 5.41) is 0. The maximum absolute atomic E-state index is 14.2. The van der Waals surface area contributed by atoms with E-state index in [0.717, 1.165) is 6.07 Å². The van der Waals surface area contributed by atoms with Gasteiger partial charge in [0, 0.05) is 11.5 Å². The van der Waals surface area contributed by atoms with Gasteiger partial charge in [-0.25, -0.2) is 13.8 Å². The molecule has 0 aliphatic heterocycles. The van der Waals surface area contributed by atoms with E-state index in [9.17, 15) is 13.6 Å². The van der Waals surface area contributed by atoms with Crippen LogP contribution in [0.15, 0.2) is 21.4 Å². The quantitative estimate of drug-likeness (QED) is 0.841. The minimum absolute atomic E-state index is 0.0359. The summed E-state index contributed by atoms with van der Waals surface area (Å²) in [5.41, 5.74) is -0.457. The van der Waals surface area contributed by atoms with Crippen LogP contribution < -0.4 is 5.56 Å². The summed E-state index contributed by atoms with van der Waals surface area (Å²) in [6.45, 7) is 5.17. The van der Waals surface area contributed by atoms with E-state index in [1.165, 1.54) is 13.0 Å². The Bertz CT molecular complexity index is 726. The van der Waals surface area contributed by atoms with Gasteiger partial charge in [0.2, 0.25) is 0 Å². The largest absolute Gasteiger partial charge is 0.310 e. The molecule has 2 rings (SSSR count). The van der Waals surface area contributed by atoms with Crippen molar-refractivity contribution in [3.8, 4) is 11.3 Å². The molecule has 0 bridgehead atoms. The van der Waals surface area contributed by atoms with Gasteiger partial charge in [-0.2, -0.15) is 0 Å². The highest BCUT2D eigenvalue weighted by Crippen LogP contribution is 2.30. The van der Waals surface area contributed by atoms with Crippen LogP contribution in [-0.2, 0) is 0 Å². The summed E-state index contributed by atoms with van der Waals surface area (Å²) in [6, 6.07) is 2.42. The lowest BCUT2D eigenvalue weighted by Gasteiger charge is -2.12. The fourth-order valence-electron chi connectivity index (χ4n) is 1.81. The Hall–Kier alpha value is -1.56. The minimum Gasteiger partial charge on any atom is -0.310 e. The third-order valence-electron chi connectivity index (χ3n) is 3.00. The monoisotopic (exact) mass is 342 g/mol. The molecule has 0 atom stereocenters. The molecule has 0 aliphatic rings. The molecule has 0 fully saturated rings. The van der Waals surface area contributed by atoms with Gasteiger partial charge in [-0.3, -0.25) is 4.79 Å². The zero-order valence-corrected chi connectivity index (χ0v) is 12.8. The standard InChI is InChI=1S/C14H13BrF2N2O/c1-6(2)13-18-12(7(3)14(20)19-13)10-9(16)5-4-8(15)11(10)17/h4-6H,1-3H3,(H,18,19,20). The van der Waals surface area contributed by atoms with Crippen molar-refractivity contribution in [3.63, 3.8) is 0 Å². The maximum atomic E-state index is 14.2. The second-order valence-corrected chi connectivity index (χ2v) is 5.65. The number of nitrogens with zero attached hydrogens (tertiary/aromatic N) is 1. The van der Waals surface area contributed by atoms with Crippen molar-refractivity contribution in [1.29, 1.82) is 0 Å². The van der Waals surface area contributed by atoms with Crippen molar-refractivity contribution in [2.24, 2.45) is 0 Å². The van der Waals surface area contributed by atoms with Crippen LogP contribution in [0.25, 0.3) is 11.3 Å². The third-order valence-corrected chi connectivity index (χ3v) is 3.61. The topological polar surface area (TPSA) is 45.8 Å². The van der Waals surface area contributed by atoms with E-state index in [2.05, 4.69) is 25.9 Å². The van der Waals surface area contributed by atoms with Gasteiger partial charge in [0.1, 0.15) is 17.5 Å². The van der Waals surface area contributed by atoms with Gasteiger partial charge in [-0.15, -0.1) is 0 Å². The van der Waals surface area contributed by atoms with E-state index in [0.29, 0.717) is 5.82 Å². The number of aromatic nitrogens is 2. The molecule has 106 valence electrons. The molecule has 0 spiro atoms. The molecule has 3 nitrogen and oxygen atoms in total. The smallest absolute Gasteiger partial charge is 0.254 e. The number of hydrogen-bond donors (Lipinski definition) is 1. The molecule has 0 amide bonds. The average Bonchev–Trinajstić information content (AvgIpc) is 2.38. The first-order valence-electron chi connectivity index (χ1n) is 6.07. The molecule has 2 aromatic rings. The summed E-state index contributed by atoms with van der Waals surface area (Å²) in [4.78, 5) is 18.7. The first-order valence-corrected chi connectivity index (χ1v) is 6.87. The molecule has 1 heterocycles. The number of H-pyrrole nitrogens is 1. The number of nitrogens with one attached hydrogen (secondary N) is 1. The second-order valence-electron chi connectivity index (χ2n) is 4.80. The Labute approximate surface area is 123 Å². The lowest BCUT2D eigenvalue weighted by atomic mass is 10.1. The van der Waals surface area contributed by atoms with Gasteiger partial charge in [0.25, 0.3) is 5.56 Å².